The highest BCUT2D eigenvalue weighted by Gasteiger charge is 2.49. The van der Waals surface area contributed by atoms with Crippen molar-refractivity contribution in [3.8, 4) is 5.75 Å². The van der Waals surface area contributed by atoms with Crippen molar-refractivity contribution in [1.29, 1.82) is 0 Å². The van der Waals surface area contributed by atoms with Gasteiger partial charge >= 0.3 is 6.03 Å². The average molecular weight is 363 g/mol. The zero-order chi connectivity index (χ0) is 19.4. The van der Waals surface area contributed by atoms with E-state index < -0.39 is 17.5 Å². The molecular weight excluding hydrogens is 342 g/mol. The molecule has 1 atom stereocenters. The maximum Gasteiger partial charge on any atom is 0.346 e. The van der Waals surface area contributed by atoms with Gasteiger partial charge in [-0.05, 0) is 42.7 Å². The number of hydrogen-bond donors (Lipinski definition) is 1. The highest BCUT2D eigenvalue weighted by atomic mass is 16.5. The summed E-state index contributed by atoms with van der Waals surface area (Å²) >= 11 is 0. The normalized spacial score (nSPS) is 20.3. The Labute approximate surface area is 158 Å². The molecule has 0 saturated carbocycles. The van der Waals surface area contributed by atoms with E-state index >= 15 is 0 Å². The Morgan fingerprint density at radius 3 is 2.41 bits per heavy atom. The molecule has 3 rings (SSSR count). The van der Waals surface area contributed by atoms with Crippen molar-refractivity contribution >= 4 is 24.2 Å². The summed E-state index contributed by atoms with van der Waals surface area (Å²) in [5, 5.41) is 7.68. The SMILES string of the molecule is COc1ccc([C@]2(C)NC(=O)N(/N=C\C(C)=C\c3ccccc3)C2=O)cc1. The molecule has 0 spiro atoms. The molecule has 138 valence electrons. The lowest BCUT2D eigenvalue weighted by molar-refractivity contribution is -0.131. The molecule has 27 heavy (non-hydrogen) atoms. The Morgan fingerprint density at radius 1 is 1.11 bits per heavy atom. The molecule has 1 saturated heterocycles. The summed E-state index contributed by atoms with van der Waals surface area (Å²) in [6, 6.07) is 16.2. The molecule has 1 fully saturated rings. The van der Waals surface area contributed by atoms with Crippen LogP contribution in [0, 0.1) is 0 Å². The van der Waals surface area contributed by atoms with E-state index in [-0.39, 0.29) is 0 Å². The molecule has 6 nitrogen and oxygen atoms in total. The molecule has 3 amide bonds. The van der Waals surface area contributed by atoms with Crippen molar-refractivity contribution in [3.05, 3.63) is 71.3 Å². The van der Waals surface area contributed by atoms with Gasteiger partial charge in [0.15, 0.2) is 0 Å². The summed E-state index contributed by atoms with van der Waals surface area (Å²) in [5.41, 5.74) is 1.33. The molecule has 0 aromatic heterocycles. The van der Waals surface area contributed by atoms with E-state index in [1.54, 1.807) is 38.3 Å². The van der Waals surface area contributed by atoms with Crippen LogP contribution in [0.15, 0.2) is 65.3 Å². The molecule has 0 radical (unpaired) electrons. The van der Waals surface area contributed by atoms with Crippen LogP contribution in [-0.4, -0.2) is 30.3 Å². The number of urea groups is 1. The number of allylic oxidation sites excluding steroid dienone is 1. The van der Waals surface area contributed by atoms with Crippen LogP contribution in [0.5, 0.6) is 5.75 Å². The van der Waals surface area contributed by atoms with E-state index in [9.17, 15) is 9.59 Å². The Hall–Kier alpha value is -3.41. The molecule has 1 heterocycles. The third-order valence-electron chi connectivity index (χ3n) is 4.41. The summed E-state index contributed by atoms with van der Waals surface area (Å²) < 4.78 is 5.14. The van der Waals surface area contributed by atoms with E-state index in [0.717, 1.165) is 16.1 Å². The molecule has 0 aliphatic carbocycles. The van der Waals surface area contributed by atoms with E-state index in [1.807, 2.05) is 43.3 Å². The van der Waals surface area contributed by atoms with Gasteiger partial charge in [-0.3, -0.25) is 4.79 Å². The largest absolute Gasteiger partial charge is 0.497 e. The van der Waals surface area contributed by atoms with Crippen LogP contribution < -0.4 is 10.1 Å². The molecule has 0 bridgehead atoms. The smallest absolute Gasteiger partial charge is 0.346 e. The Kier molecular flexibility index (Phi) is 5.07. The number of carbonyl (C=O) groups is 2. The van der Waals surface area contributed by atoms with Crippen LogP contribution in [0.4, 0.5) is 4.79 Å². The van der Waals surface area contributed by atoms with Gasteiger partial charge in [0.2, 0.25) is 0 Å². The van der Waals surface area contributed by atoms with Gasteiger partial charge in [-0.1, -0.05) is 48.5 Å². The van der Waals surface area contributed by atoms with Crippen LogP contribution >= 0.6 is 0 Å². The standard InChI is InChI=1S/C21H21N3O3/c1-15(13-16-7-5-4-6-8-16)14-22-24-19(25)21(2,23-20(24)26)17-9-11-18(27-3)12-10-17/h4-14H,1-3H3,(H,23,26)/b15-13+,22-14-/t21-/m0/s1. The number of nitrogens with one attached hydrogen (secondary N) is 1. The summed E-state index contributed by atoms with van der Waals surface area (Å²) in [4.78, 5) is 25.1. The molecule has 2 aromatic carbocycles. The quantitative estimate of drug-likeness (QED) is 0.652. The second-order valence-electron chi connectivity index (χ2n) is 6.44. The van der Waals surface area contributed by atoms with Gasteiger partial charge in [-0.25, -0.2) is 4.79 Å². The predicted octanol–water partition coefficient (Wildman–Crippen LogP) is 3.55. The molecule has 0 unspecified atom stereocenters. The molecular formula is C21H21N3O3. The molecule has 2 aromatic rings. The van der Waals surface area contributed by atoms with Crippen molar-refractivity contribution < 1.29 is 14.3 Å². The summed E-state index contributed by atoms with van der Waals surface area (Å²) in [5.74, 6) is 0.247. The number of amides is 3. The van der Waals surface area contributed by atoms with Gasteiger partial charge < -0.3 is 10.1 Å². The topological polar surface area (TPSA) is 71.0 Å². The minimum absolute atomic E-state index is 0.429. The Morgan fingerprint density at radius 2 is 1.78 bits per heavy atom. The highest BCUT2D eigenvalue weighted by Crippen LogP contribution is 2.30. The first-order valence-electron chi connectivity index (χ1n) is 8.52. The summed E-state index contributed by atoms with van der Waals surface area (Å²) in [6.07, 6.45) is 3.43. The minimum Gasteiger partial charge on any atom is -0.497 e. The average Bonchev–Trinajstić information content (AvgIpc) is 2.90. The predicted molar refractivity (Wildman–Crippen MR) is 104 cm³/mol. The molecule has 1 aliphatic rings. The second kappa shape index (κ2) is 7.45. The first kappa shape index (κ1) is 18.4. The van der Waals surface area contributed by atoms with E-state index in [0.29, 0.717) is 11.3 Å². The maximum atomic E-state index is 12.8. The maximum absolute atomic E-state index is 12.8. The van der Waals surface area contributed by atoms with Gasteiger partial charge in [-0.15, -0.1) is 5.01 Å². The number of carbonyl (C=O) groups excluding carboxylic acids is 2. The number of benzene rings is 2. The fraction of sp³-hybridized carbons (Fsp3) is 0.190. The lowest BCUT2D eigenvalue weighted by Gasteiger charge is -2.21. The highest BCUT2D eigenvalue weighted by molar-refractivity contribution is 6.07. The van der Waals surface area contributed by atoms with Crippen LogP contribution in [0.3, 0.4) is 0 Å². The molecule has 6 heteroatoms. The number of hydrazone groups is 1. The van der Waals surface area contributed by atoms with Crippen LogP contribution in [0.25, 0.3) is 6.08 Å². The number of rotatable bonds is 5. The third kappa shape index (κ3) is 3.74. The van der Waals surface area contributed by atoms with Crippen LogP contribution in [-0.2, 0) is 10.3 Å². The van der Waals surface area contributed by atoms with Crippen LogP contribution in [0.2, 0.25) is 0 Å². The summed E-state index contributed by atoms with van der Waals surface area (Å²) in [7, 11) is 1.57. The fourth-order valence-electron chi connectivity index (χ4n) is 2.85. The van der Waals surface area contributed by atoms with Gasteiger partial charge in [0, 0.05) is 0 Å². The fourth-order valence-corrected chi connectivity index (χ4v) is 2.85. The van der Waals surface area contributed by atoms with Crippen molar-refractivity contribution in [2.45, 2.75) is 19.4 Å². The number of methoxy groups -OCH3 is 1. The first-order chi connectivity index (χ1) is 12.9. The molecule has 1 N–H and O–H groups in total. The van der Waals surface area contributed by atoms with Gasteiger partial charge in [0.05, 0.1) is 13.3 Å². The number of hydrogen-bond acceptors (Lipinski definition) is 4. The van der Waals surface area contributed by atoms with Gasteiger partial charge in [0.1, 0.15) is 11.3 Å². The van der Waals surface area contributed by atoms with Crippen molar-refractivity contribution in [2.24, 2.45) is 5.10 Å². The van der Waals surface area contributed by atoms with E-state index in [2.05, 4.69) is 10.4 Å². The first-order valence-corrected chi connectivity index (χ1v) is 8.52. The number of nitrogens with zero attached hydrogens (tertiary/aromatic N) is 2. The summed E-state index contributed by atoms with van der Waals surface area (Å²) in [6.45, 7) is 3.52. The zero-order valence-corrected chi connectivity index (χ0v) is 15.5. The number of imide groups is 1. The van der Waals surface area contributed by atoms with Crippen molar-refractivity contribution in [3.63, 3.8) is 0 Å². The van der Waals surface area contributed by atoms with Gasteiger partial charge in [0.25, 0.3) is 5.91 Å². The Balaban J connectivity index is 1.80. The molecule has 1 aliphatic heterocycles. The second-order valence-corrected chi connectivity index (χ2v) is 6.44. The lowest BCUT2D eigenvalue weighted by atomic mass is 9.92. The number of ether oxygens (including phenoxy) is 1. The third-order valence-corrected chi connectivity index (χ3v) is 4.41. The van der Waals surface area contributed by atoms with E-state index in [4.69, 9.17) is 4.74 Å². The van der Waals surface area contributed by atoms with Crippen LogP contribution in [0.1, 0.15) is 25.0 Å². The lowest BCUT2D eigenvalue weighted by Crippen LogP contribution is -2.40. The van der Waals surface area contributed by atoms with E-state index in [1.165, 1.54) is 6.21 Å². The van der Waals surface area contributed by atoms with Crippen molar-refractivity contribution in [2.75, 3.05) is 7.11 Å². The minimum atomic E-state index is -1.17. The Bertz CT molecular complexity index is 904. The van der Waals surface area contributed by atoms with Crippen molar-refractivity contribution in [1.82, 2.24) is 10.3 Å². The zero-order valence-electron chi connectivity index (χ0n) is 15.5. The monoisotopic (exact) mass is 363 g/mol. The van der Waals surface area contributed by atoms with Gasteiger partial charge in [-0.2, -0.15) is 5.10 Å².